The molecule has 0 bridgehead atoms. The van der Waals surface area contributed by atoms with Crippen LogP contribution in [-0.4, -0.2) is 23.9 Å². The minimum absolute atomic E-state index is 0.0613. The lowest BCUT2D eigenvalue weighted by Gasteiger charge is -2.25. The van der Waals surface area contributed by atoms with Crippen molar-refractivity contribution in [3.05, 3.63) is 40.8 Å². The van der Waals surface area contributed by atoms with Crippen LogP contribution >= 0.6 is 11.3 Å². The van der Waals surface area contributed by atoms with E-state index in [4.69, 9.17) is 5.73 Å². The number of benzene rings is 1. The Hall–Kier alpha value is -1.81. The molecule has 0 atom stereocenters. The normalized spacial score (nSPS) is 15.6. The summed E-state index contributed by atoms with van der Waals surface area (Å²) in [5.74, 6) is 0.0613. The average Bonchev–Trinajstić information content (AvgIpc) is 2.76. The maximum atomic E-state index is 12.6. The van der Waals surface area contributed by atoms with E-state index in [0.717, 1.165) is 23.1 Å². The van der Waals surface area contributed by atoms with Crippen LogP contribution in [0.3, 0.4) is 0 Å². The number of rotatable bonds is 1. The van der Waals surface area contributed by atoms with Crippen molar-refractivity contribution < 1.29 is 4.79 Å². The fourth-order valence-corrected chi connectivity index (χ4v) is 3.54. The molecule has 0 radical (unpaired) electrons. The van der Waals surface area contributed by atoms with Gasteiger partial charge in [-0.2, -0.15) is 0 Å². The van der Waals surface area contributed by atoms with Crippen molar-refractivity contribution in [2.75, 3.05) is 18.8 Å². The molecule has 1 aliphatic rings. The number of nitrogen functional groups attached to an aromatic ring is 1. The van der Waals surface area contributed by atoms with Gasteiger partial charge in [0.05, 0.1) is 5.69 Å². The van der Waals surface area contributed by atoms with Gasteiger partial charge in [0.1, 0.15) is 4.88 Å². The van der Waals surface area contributed by atoms with Crippen molar-refractivity contribution in [3.63, 3.8) is 0 Å². The average molecular weight is 272 g/mol. The van der Waals surface area contributed by atoms with E-state index in [0.29, 0.717) is 17.1 Å². The molecule has 19 heavy (non-hydrogen) atoms. The van der Waals surface area contributed by atoms with Crippen LogP contribution in [0.25, 0.3) is 10.1 Å². The minimum Gasteiger partial charge on any atom is -0.397 e. The molecule has 1 aromatic heterocycles. The van der Waals surface area contributed by atoms with Gasteiger partial charge in [-0.3, -0.25) is 4.79 Å². The van der Waals surface area contributed by atoms with Crippen LogP contribution in [0.1, 0.15) is 23.0 Å². The summed E-state index contributed by atoms with van der Waals surface area (Å²) in [6.45, 7) is 3.56. The Kier molecular flexibility index (Phi) is 3.03. The van der Waals surface area contributed by atoms with Crippen molar-refractivity contribution in [3.8, 4) is 0 Å². The van der Waals surface area contributed by atoms with Crippen molar-refractivity contribution in [2.45, 2.75) is 13.3 Å². The van der Waals surface area contributed by atoms with Crippen molar-refractivity contribution in [1.29, 1.82) is 0 Å². The summed E-state index contributed by atoms with van der Waals surface area (Å²) >= 11 is 1.49. The second-order valence-corrected chi connectivity index (χ2v) is 5.96. The van der Waals surface area contributed by atoms with Gasteiger partial charge in [0.15, 0.2) is 0 Å². The van der Waals surface area contributed by atoms with E-state index < -0.39 is 0 Å². The molecule has 1 aromatic carbocycles. The van der Waals surface area contributed by atoms with Crippen LogP contribution in [0.15, 0.2) is 35.9 Å². The maximum absolute atomic E-state index is 12.6. The Bertz CT molecular complexity index is 672. The number of carbonyl (C=O) groups excluding carboxylic acids is 1. The highest BCUT2D eigenvalue weighted by Gasteiger charge is 2.23. The van der Waals surface area contributed by atoms with Gasteiger partial charge < -0.3 is 10.6 Å². The molecule has 0 aliphatic carbocycles. The summed E-state index contributed by atoms with van der Waals surface area (Å²) in [5.41, 5.74) is 8.00. The van der Waals surface area contributed by atoms with Crippen LogP contribution in [0.5, 0.6) is 0 Å². The molecule has 0 saturated heterocycles. The summed E-state index contributed by atoms with van der Waals surface area (Å²) in [6.07, 6.45) is 3.13. The quantitative estimate of drug-likeness (QED) is 0.810. The van der Waals surface area contributed by atoms with Crippen molar-refractivity contribution >= 4 is 33.0 Å². The number of fused-ring (bicyclic) bond motifs is 1. The Morgan fingerprint density at radius 3 is 2.89 bits per heavy atom. The van der Waals surface area contributed by atoms with Crippen LogP contribution < -0.4 is 5.73 Å². The van der Waals surface area contributed by atoms with E-state index in [-0.39, 0.29) is 5.91 Å². The molecule has 2 heterocycles. The number of hydrogen-bond donors (Lipinski definition) is 1. The third-order valence-corrected chi connectivity index (χ3v) is 4.62. The molecule has 3 rings (SSSR count). The van der Waals surface area contributed by atoms with Crippen molar-refractivity contribution in [2.24, 2.45) is 0 Å². The number of amides is 1. The van der Waals surface area contributed by atoms with Gasteiger partial charge in [-0.25, -0.2) is 0 Å². The molecule has 4 heteroatoms. The van der Waals surface area contributed by atoms with Gasteiger partial charge >= 0.3 is 0 Å². The SMILES string of the molecule is CC1=CCCN(C(=O)c2sc3ccccc3c2N)C1. The number of nitrogens with two attached hydrogens (primary N) is 1. The van der Waals surface area contributed by atoms with Gasteiger partial charge in [-0.1, -0.05) is 29.8 Å². The third kappa shape index (κ3) is 2.12. The molecule has 1 amide bonds. The van der Waals surface area contributed by atoms with Gasteiger partial charge in [-0.15, -0.1) is 11.3 Å². The monoisotopic (exact) mass is 272 g/mol. The first-order valence-electron chi connectivity index (χ1n) is 6.38. The lowest BCUT2D eigenvalue weighted by Crippen LogP contribution is -2.35. The smallest absolute Gasteiger partial charge is 0.266 e. The summed E-state index contributed by atoms with van der Waals surface area (Å²) in [7, 11) is 0. The highest BCUT2D eigenvalue weighted by atomic mass is 32.1. The van der Waals surface area contributed by atoms with Gasteiger partial charge in [0, 0.05) is 23.2 Å². The maximum Gasteiger partial charge on any atom is 0.266 e. The Morgan fingerprint density at radius 2 is 2.16 bits per heavy atom. The first kappa shape index (κ1) is 12.2. The summed E-state index contributed by atoms with van der Waals surface area (Å²) in [4.78, 5) is 15.1. The highest BCUT2D eigenvalue weighted by Crippen LogP contribution is 2.34. The zero-order valence-corrected chi connectivity index (χ0v) is 11.7. The van der Waals surface area contributed by atoms with E-state index in [2.05, 4.69) is 13.0 Å². The second-order valence-electron chi connectivity index (χ2n) is 4.91. The molecule has 3 nitrogen and oxygen atoms in total. The topological polar surface area (TPSA) is 46.3 Å². The molecule has 1 aliphatic heterocycles. The van der Waals surface area contributed by atoms with E-state index in [1.165, 1.54) is 16.9 Å². The number of anilines is 1. The Balaban J connectivity index is 1.98. The van der Waals surface area contributed by atoms with Crippen LogP contribution in [0.2, 0.25) is 0 Å². The second kappa shape index (κ2) is 4.70. The summed E-state index contributed by atoms with van der Waals surface area (Å²) in [5, 5.41) is 0.986. The van der Waals surface area contributed by atoms with Gasteiger partial charge in [0.25, 0.3) is 5.91 Å². The van der Waals surface area contributed by atoms with Crippen LogP contribution in [-0.2, 0) is 0 Å². The standard InChI is InChI=1S/C15H16N2OS/c1-10-5-4-8-17(9-10)15(18)14-13(16)11-6-2-3-7-12(11)19-14/h2-3,5-7H,4,8-9,16H2,1H3. The first-order valence-corrected chi connectivity index (χ1v) is 7.20. The zero-order valence-electron chi connectivity index (χ0n) is 10.8. The number of carbonyl (C=O) groups is 1. The van der Waals surface area contributed by atoms with E-state index in [1.54, 1.807) is 0 Å². The summed E-state index contributed by atoms with van der Waals surface area (Å²) in [6, 6.07) is 7.90. The van der Waals surface area contributed by atoms with E-state index in [1.807, 2.05) is 29.2 Å². The lowest BCUT2D eigenvalue weighted by atomic mass is 10.1. The predicted octanol–water partition coefficient (Wildman–Crippen LogP) is 3.28. The van der Waals surface area contributed by atoms with Gasteiger partial charge in [0.2, 0.25) is 0 Å². The lowest BCUT2D eigenvalue weighted by molar-refractivity contribution is 0.0772. The molecule has 0 unspecified atom stereocenters. The van der Waals surface area contributed by atoms with Crippen LogP contribution in [0, 0.1) is 0 Å². The number of nitrogens with zero attached hydrogens (tertiary/aromatic N) is 1. The fraction of sp³-hybridized carbons (Fsp3) is 0.267. The first-order chi connectivity index (χ1) is 9.16. The molecule has 2 aromatic rings. The zero-order chi connectivity index (χ0) is 13.4. The Morgan fingerprint density at radius 1 is 1.37 bits per heavy atom. The molecule has 0 spiro atoms. The highest BCUT2D eigenvalue weighted by molar-refractivity contribution is 7.21. The number of thiophene rings is 1. The van der Waals surface area contributed by atoms with Crippen LogP contribution in [0.4, 0.5) is 5.69 Å². The molecular formula is C15H16N2OS. The third-order valence-electron chi connectivity index (χ3n) is 3.45. The fourth-order valence-electron chi connectivity index (χ4n) is 2.45. The predicted molar refractivity (Wildman–Crippen MR) is 80.5 cm³/mol. The van der Waals surface area contributed by atoms with E-state index in [9.17, 15) is 4.79 Å². The minimum atomic E-state index is 0.0613. The number of hydrogen-bond acceptors (Lipinski definition) is 3. The van der Waals surface area contributed by atoms with E-state index >= 15 is 0 Å². The molecule has 0 fully saturated rings. The molecule has 0 saturated carbocycles. The van der Waals surface area contributed by atoms with Gasteiger partial charge in [-0.05, 0) is 19.4 Å². The summed E-state index contributed by atoms with van der Waals surface area (Å²) < 4.78 is 1.08. The Labute approximate surface area is 116 Å². The molecule has 2 N–H and O–H groups in total. The molecular weight excluding hydrogens is 256 g/mol. The largest absolute Gasteiger partial charge is 0.397 e. The molecule has 98 valence electrons. The van der Waals surface area contributed by atoms with Crippen molar-refractivity contribution in [1.82, 2.24) is 4.90 Å².